The number of halogens is 1. The molecule has 7 heteroatoms. The summed E-state index contributed by atoms with van der Waals surface area (Å²) in [7, 11) is 2.40. The topological polar surface area (TPSA) is 72.9 Å². The van der Waals surface area contributed by atoms with E-state index in [2.05, 4.69) is 9.47 Å². The van der Waals surface area contributed by atoms with Crippen LogP contribution in [0.3, 0.4) is 0 Å². The van der Waals surface area contributed by atoms with Gasteiger partial charge in [0, 0.05) is 11.8 Å². The predicted molar refractivity (Wildman–Crippen MR) is 60.5 cm³/mol. The molecule has 0 aliphatic rings. The number of hydrogen-bond acceptors (Lipinski definition) is 5. The number of carbonyl (C=O) groups excluding carboxylic acids is 3. The van der Waals surface area contributed by atoms with Crippen molar-refractivity contribution in [2.75, 3.05) is 33.2 Å². The van der Waals surface area contributed by atoms with Gasteiger partial charge >= 0.3 is 11.9 Å². The zero-order valence-corrected chi connectivity index (χ0v) is 10.8. The molecule has 98 valence electrons. The molecule has 0 aromatic heterocycles. The Bertz CT molecular complexity index is 276. The Morgan fingerprint density at radius 1 is 1.12 bits per heavy atom. The first-order valence-corrected chi connectivity index (χ1v) is 5.48. The summed E-state index contributed by atoms with van der Waals surface area (Å²) in [5, 5.41) is 0. The minimum atomic E-state index is -0.607. The lowest BCUT2D eigenvalue weighted by Crippen LogP contribution is -2.43. The molecule has 0 saturated heterocycles. The van der Waals surface area contributed by atoms with Crippen LogP contribution in [0.25, 0.3) is 0 Å². The van der Waals surface area contributed by atoms with Crippen molar-refractivity contribution >= 4 is 29.4 Å². The van der Waals surface area contributed by atoms with Crippen molar-refractivity contribution in [2.24, 2.45) is 5.92 Å². The molecule has 1 atom stereocenters. The molecule has 0 aliphatic carbocycles. The molecule has 0 rings (SSSR count). The molecule has 6 nitrogen and oxygen atoms in total. The molecule has 0 spiro atoms. The molecule has 17 heavy (non-hydrogen) atoms. The van der Waals surface area contributed by atoms with Crippen LogP contribution >= 0.6 is 11.6 Å². The monoisotopic (exact) mass is 265 g/mol. The summed E-state index contributed by atoms with van der Waals surface area (Å²) in [6.07, 6.45) is 0. The average molecular weight is 266 g/mol. The lowest BCUT2D eigenvalue weighted by molar-refractivity contribution is -0.153. The first kappa shape index (κ1) is 15.7. The Labute approximate surface area is 105 Å². The molecule has 0 aromatic carbocycles. The van der Waals surface area contributed by atoms with E-state index < -0.39 is 23.8 Å². The summed E-state index contributed by atoms with van der Waals surface area (Å²) in [4.78, 5) is 35.1. The maximum atomic E-state index is 11.8. The lowest BCUT2D eigenvalue weighted by atomic mass is 10.2. The summed E-state index contributed by atoms with van der Waals surface area (Å²) in [6.45, 7) is 1.01. The van der Waals surface area contributed by atoms with Crippen molar-refractivity contribution in [3.05, 3.63) is 0 Å². The fourth-order valence-corrected chi connectivity index (χ4v) is 1.16. The van der Waals surface area contributed by atoms with E-state index in [4.69, 9.17) is 11.6 Å². The molecule has 0 aliphatic heterocycles. The summed E-state index contributed by atoms with van der Waals surface area (Å²) < 4.78 is 8.88. The summed E-state index contributed by atoms with van der Waals surface area (Å²) in [5.41, 5.74) is 0. The van der Waals surface area contributed by atoms with Gasteiger partial charge in [0.2, 0.25) is 5.91 Å². The zero-order chi connectivity index (χ0) is 13.4. The number of nitrogens with zero attached hydrogens (tertiary/aromatic N) is 1. The van der Waals surface area contributed by atoms with Crippen molar-refractivity contribution in [2.45, 2.75) is 6.92 Å². The van der Waals surface area contributed by atoms with Crippen LogP contribution in [0.15, 0.2) is 0 Å². The quantitative estimate of drug-likeness (QED) is 0.501. The second kappa shape index (κ2) is 7.89. The van der Waals surface area contributed by atoms with Crippen molar-refractivity contribution in [1.29, 1.82) is 0 Å². The highest BCUT2D eigenvalue weighted by atomic mass is 35.5. The van der Waals surface area contributed by atoms with Gasteiger partial charge < -0.3 is 14.4 Å². The van der Waals surface area contributed by atoms with E-state index in [-0.39, 0.29) is 19.0 Å². The number of esters is 2. The highest BCUT2D eigenvalue weighted by Crippen LogP contribution is 2.05. The van der Waals surface area contributed by atoms with Crippen LogP contribution < -0.4 is 0 Å². The highest BCUT2D eigenvalue weighted by Gasteiger charge is 2.24. The average Bonchev–Trinajstić information content (AvgIpc) is 2.35. The zero-order valence-electron chi connectivity index (χ0n) is 10.1. The fourth-order valence-electron chi connectivity index (χ4n) is 1.03. The summed E-state index contributed by atoms with van der Waals surface area (Å²) in [5.74, 6) is -1.98. The molecule has 0 saturated carbocycles. The molecule has 0 radical (unpaired) electrons. The van der Waals surface area contributed by atoms with Gasteiger partial charge in [0.25, 0.3) is 0 Å². The van der Waals surface area contributed by atoms with Gasteiger partial charge in [-0.3, -0.25) is 14.4 Å². The molecular formula is C10H16ClNO5. The van der Waals surface area contributed by atoms with Gasteiger partial charge in [0.15, 0.2) is 0 Å². The molecular weight excluding hydrogens is 250 g/mol. The van der Waals surface area contributed by atoms with E-state index in [9.17, 15) is 14.4 Å². The van der Waals surface area contributed by atoms with E-state index in [0.717, 1.165) is 4.90 Å². The predicted octanol–water partition coefficient (Wildman–Crippen LogP) is 0.0359. The standard InChI is InChI=1S/C10H16ClNO5/c1-7(4-11)10(15)12(5-8(13)16-2)6-9(14)17-3/h7H,4-6H2,1-3H3. The molecule has 1 amide bonds. The molecule has 0 heterocycles. The second-order valence-corrected chi connectivity index (χ2v) is 3.71. The van der Waals surface area contributed by atoms with E-state index in [1.54, 1.807) is 6.92 Å². The van der Waals surface area contributed by atoms with Crippen LogP contribution in [0.5, 0.6) is 0 Å². The van der Waals surface area contributed by atoms with Crippen LogP contribution in [0.2, 0.25) is 0 Å². The molecule has 0 N–H and O–H groups in total. The van der Waals surface area contributed by atoms with Gasteiger partial charge in [-0.05, 0) is 0 Å². The van der Waals surface area contributed by atoms with Crippen LogP contribution in [0.1, 0.15) is 6.92 Å². The number of alkyl halides is 1. The lowest BCUT2D eigenvalue weighted by Gasteiger charge is -2.22. The van der Waals surface area contributed by atoms with Crippen molar-refractivity contribution < 1.29 is 23.9 Å². The Morgan fingerprint density at radius 3 is 1.82 bits per heavy atom. The Kier molecular flexibility index (Phi) is 7.29. The fraction of sp³-hybridized carbons (Fsp3) is 0.700. The Morgan fingerprint density at radius 2 is 1.53 bits per heavy atom. The number of rotatable bonds is 6. The van der Waals surface area contributed by atoms with Gasteiger partial charge in [0.1, 0.15) is 13.1 Å². The van der Waals surface area contributed by atoms with Gasteiger partial charge in [-0.25, -0.2) is 0 Å². The third-order valence-electron chi connectivity index (χ3n) is 2.06. The SMILES string of the molecule is COC(=O)CN(CC(=O)OC)C(=O)C(C)CCl. The number of carbonyl (C=O) groups is 3. The van der Waals surface area contributed by atoms with Crippen molar-refractivity contribution in [3.8, 4) is 0 Å². The molecule has 1 unspecified atom stereocenters. The van der Waals surface area contributed by atoms with Gasteiger partial charge in [0.05, 0.1) is 14.2 Å². The smallest absolute Gasteiger partial charge is 0.325 e. The highest BCUT2D eigenvalue weighted by molar-refractivity contribution is 6.19. The van der Waals surface area contributed by atoms with Crippen LogP contribution in [-0.2, 0) is 23.9 Å². The maximum Gasteiger partial charge on any atom is 0.325 e. The third kappa shape index (κ3) is 5.53. The van der Waals surface area contributed by atoms with Crippen LogP contribution in [0.4, 0.5) is 0 Å². The minimum absolute atomic E-state index is 0.109. The van der Waals surface area contributed by atoms with E-state index >= 15 is 0 Å². The van der Waals surface area contributed by atoms with Crippen molar-refractivity contribution in [3.63, 3.8) is 0 Å². The van der Waals surface area contributed by atoms with E-state index in [1.807, 2.05) is 0 Å². The number of amides is 1. The Hall–Kier alpha value is -1.30. The van der Waals surface area contributed by atoms with Gasteiger partial charge in [-0.15, -0.1) is 11.6 Å². The van der Waals surface area contributed by atoms with Crippen molar-refractivity contribution in [1.82, 2.24) is 4.90 Å². The number of methoxy groups -OCH3 is 2. The van der Waals surface area contributed by atoms with Gasteiger partial charge in [-0.2, -0.15) is 0 Å². The number of ether oxygens (including phenoxy) is 2. The van der Waals surface area contributed by atoms with E-state index in [0.29, 0.717) is 0 Å². The molecule has 0 aromatic rings. The largest absolute Gasteiger partial charge is 0.468 e. The molecule has 0 fully saturated rings. The number of hydrogen-bond donors (Lipinski definition) is 0. The summed E-state index contributed by atoms with van der Waals surface area (Å²) >= 11 is 5.55. The van der Waals surface area contributed by atoms with Crippen LogP contribution in [-0.4, -0.2) is 55.9 Å². The molecule has 0 bridgehead atoms. The normalized spacial score (nSPS) is 11.5. The summed E-state index contributed by atoms with van der Waals surface area (Å²) in [6, 6.07) is 0. The second-order valence-electron chi connectivity index (χ2n) is 3.40. The third-order valence-corrected chi connectivity index (χ3v) is 2.52. The first-order valence-electron chi connectivity index (χ1n) is 4.94. The minimum Gasteiger partial charge on any atom is -0.468 e. The Balaban J connectivity index is 4.65. The maximum absolute atomic E-state index is 11.8. The van der Waals surface area contributed by atoms with Gasteiger partial charge in [-0.1, -0.05) is 6.92 Å². The first-order chi connectivity index (χ1) is 7.96. The van der Waals surface area contributed by atoms with Crippen LogP contribution in [0, 0.1) is 5.92 Å². The van der Waals surface area contributed by atoms with E-state index in [1.165, 1.54) is 14.2 Å².